The molecule has 0 aliphatic carbocycles. The van der Waals surface area contributed by atoms with Crippen LogP contribution in [-0.4, -0.2) is 45.3 Å². The van der Waals surface area contributed by atoms with Gasteiger partial charge in [0.25, 0.3) is 0 Å². The molecule has 5 aromatic carbocycles. The van der Waals surface area contributed by atoms with Gasteiger partial charge in [-0.2, -0.15) is 0 Å². The molecule has 0 aromatic heterocycles. The van der Waals surface area contributed by atoms with Crippen molar-refractivity contribution < 1.29 is 11.3 Å². The van der Waals surface area contributed by atoms with Crippen LogP contribution in [-0.2, 0) is 0 Å². The van der Waals surface area contributed by atoms with Gasteiger partial charge in [0.1, 0.15) is 0 Å². The standard InChI is InChI=1S/4C8H8O.C6H4.2Bi/c4*1-2-7-3-5-8(9)6-4-7;1-2-4-6-5-3-1;;/h4*2-6,9H,1H2;1-2,5-6H;;/q;;;;;2*+2/p-4. The molecule has 0 aliphatic heterocycles. The first kappa shape index (κ1) is 31.5. The molecular weight excluding hydrogens is 938 g/mol. The average Bonchev–Trinajstić information content (AvgIpc) is 3.09. The van der Waals surface area contributed by atoms with E-state index < -0.39 is 45.3 Å². The molecule has 0 fully saturated rings. The Bertz CT molecular complexity index is 1460. The van der Waals surface area contributed by atoms with Crippen LogP contribution in [0.15, 0.2) is 148 Å². The average molecular weight is 971 g/mol. The van der Waals surface area contributed by atoms with Crippen molar-refractivity contribution in [3.8, 4) is 23.0 Å². The van der Waals surface area contributed by atoms with Crippen molar-refractivity contribution in [2.75, 3.05) is 0 Å². The third-order valence-electron chi connectivity index (χ3n) is 6.49. The molecule has 218 valence electrons. The van der Waals surface area contributed by atoms with Crippen molar-refractivity contribution in [3.63, 3.8) is 0 Å². The van der Waals surface area contributed by atoms with E-state index in [0.29, 0.717) is 0 Å². The molecule has 0 heterocycles. The number of rotatable bonds is 14. The fraction of sp³-hybridized carbons (Fsp3) is 0. The van der Waals surface area contributed by atoms with Gasteiger partial charge < -0.3 is 0 Å². The summed E-state index contributed by atoms with van der Waals surface area (Å²) in [7, 11) is 0. The summed E-state index contributed by atoms with van der Waals surface area (Å²) >= 11 is -6.49. The Balaban J connectivity index is 1.43. The third kappa shape index (κ3) is 8.56. The zero-order valence-electron chi connectivity index (χ0n) is 24.2. The molecule has 5 rings (SSSR count). The second-order valence-corrected chi connectivity index (χ2v) is 20.3. The first-order valence-corrected chi connectivity index (χ1v) is 23.0. The van der Waals surface area contributed by atoms with E-state index >= 15 is 0 Å². The number of benzene rings is 5. The molecule has 0 aliphatic rings. The summed E-state index contributed by atoms with van der Waals surface area (Å²) in [6.45, 7) is 15.4. The van der Waals surface area contributed by atoms with Crippen LogP contribution >= 0.6 is 0 Å². The molecule has 0 unspecified atom stereocenters. The van der Waals surface area contributed by atoms with Gasteiger partial charge >= 0.3 is 280 Å². The Morgan fingerprint density at radius 3 is 0.705 bits per heavy atom. The first-order valence-electron chi connectivity index (χ1n) is 13.9. The maximum atomic E-state index is 6.56. The van der Waals surface area contributed by atoms with E-state index in [0.717, 1.165) is 51.8 Å². The predicted molar refractivity (Wildman–Crippen MR) is 186 cm³/mol. The van der Waals surface area contributed by atoms with Gasteiger partial charge in [-0.25, -0.2) is 0 Å². The van der Waals surface area contributed by atoms with Crippen LogP contribution in [0.2, 0.25) is 0 Å². The molecule has 0 saturated heterocycles. The summed E-state index contributed by atoms with van der Waals surface area (Å²) in [6, 6.07) is 40.0. The van der Waals surface area contributed by atoms with Crippen LogP contribution < -0.4 is 17.8 Å². The fourth-order valence-electron chi connectivity index (χ4n) is 3.99. The zero-order valence-corrected chi connectivity index (χ0v) is 31.2. The zero-order chi connectivity index (χ0) is 30.7. The Morgan fingerprint density at radius 1 is 0.318 bits per heavy atom. The van der Waals surface area contributed by atoms with Gasteiger partial charge in [0.2, 0.25) is 0 Å². The Labute approximate surface area is 278 Å². The van der Waals surface area contributed by atoms with E-state index in [2.05, 4.69) is 50.6 Å². The van der Waals surface area contributed by atoms with Gasteiger partial charge in [-0.1, -0.05) is 0 Å². The van der Waals surface area contributed by atoms with Crippen molar-refractivity contribution >= 4 is 76.1 Å². The van der Waals surface area contributed by atoms with Gasteiger partial charge in [0.15, 0.2) is 0 Å². The topological polar surface area (TPSA) is 36.9 Å². The van der Waals surface area contributed by atoms with Gasteiger partial charge in [-0.3, -0.25) is 0 Å². The summed E-state index contributed by atoms with van der Waals surface area (Å²) in [5.74, 6) is 3.09. The second kappa shape index (κ2) is 15.7. The van der Waals surface area contributed by atoms with Crippen molar-refractivity contribution in [2.45, 2.75) is 0 Å². The van der Waals surface area contributed by atoms with E-state index in [4.69, 9.17) is 11.3 Å². The van der Waals surface area contributed by atoms with Crippen molar-refractivity contribution in [1.29, 1.82) is 0 Å². The normalized spacial score (nSPS) is 10.6. The van der Waals surface area contributed by atoms with Crippen LogP contribution in [0.3, 0.4) is 0 Å². The van der Waals surface area contributed by atoms with Gasteiger partial charge in [-0.05, 0) is 0 Å². The van der Waals surface area contributed by atoms with Crippen molar-refractivity contribution in [3.05, 3.63) is 170 Å². The monoisotopic (exact) mass is 970 g/mol. The molecule has 5 aromatic rings. The summed E-state index contributed by atoms with van der Waals surface area (Å²) in [4.78, 5) is 0. The van der Waals surface area contributed by atoms with Crippen LogP contribution in [0.4, 0.5) is 0 Å². The van der Waals surface area contributed by atoms with Crippen LogP contribution in [0.5, 0.6) is 23.0 Å². The van der Waals surface area contributed by atoms with Gasteiger partial charge in [0.05, 0.1) is 0 Å². The molecule has 0 radical (unpaired) electrons. The number of hydrogen-bond donors (Lipinski definition) is 0. The Kier molecular flexibility index (Phi) is 11.2. The number of hydrogen-bond acceptors (Lipinski definition) is 4. The molecular formula is C38H32Bi2O4. The summed E-state index contributed by atoms with van der Waals surface area (Å²) in [6.07, 6.45) is 7.26. The molecule has 0 bridgehead atoms. The summed E-state index contributed by atoms with van der Waals surface area (Å²) in [5, 5.41) is 0. The Hall–Kier alpha value is -3.97. The minimum atomic E-state index is -3.24. The molecule has 0 N–H and O–H groups in total. The van der Waals surface area contributed by atoms with E-state index in [9.17, 15) is 0 Å². The first-order chi connectivity index (χ1) is 21.6. The molecule has 44 heavy (non-hydrogen) atoms. The fourth-order valence-corrected chi connectivity index (χ4v) is 13.8. The van der Waals surface area contributed by atoms with Crippen molar-refractivity contribution in [2.24, 2.45) is 0 Å². The second-order valence-electron chi connectivity index (χ2n) is 9.49. The van der Waals surface area contributed by atoms with E-state index in [1.165, 1.54) is 0 Å². The Morgan fingerprint density at radius 2 is 0.523 bits per heavy atom. The molecule has 6 heteroatoms. The molecule has 0 spiro atoms. The third-order valence-corrected chi connectivity index (χ3v) is 17.9. The predicted octanol–water partition coefficient (Wildman–Crippen LogP) is 7.97. The molecule has 0 amide bonds. The minimum absolute atomic E-state index is 0.773. The van der Waals surface area contributed by atoms with E-state index in [1.807, 2.05) is 121 Å². The van der Waals surface area contributed by atoms with Gasteiger partial charge in [0, 0.05) is 0 Å². The summed E-state index contributed by atoms with van der Waals surface area (Å²) in [5.41, 5.74) is 4.13. The van der Waals surface area contributed by atoms with E-state index in [-0.39, 0.29) is 0 Å². The van der Waals surface area contributed by atoms with Crippen LogP contribution in [0, 0.1) is 0 Å². The van der Waals surface area contributed by atoms with Crippen LogP contribution in [0.25, 0.3) is 24.3 Å². The van der Waals surface area contributed by atoms with Crippen LogP contribution in [0.1, 0.15) is 22.3 Å². The quantitative estimate of drug-likeness (QED) is 0.106. The molecule has 0 saturated carbocycles. The molecule has 4 nitrogen and oxygen atoms in total. The summed E-state index contributed by atoms with van der Waals surface area (Å²) < 4.78 is 28.4. The maximum absolute atomic E-state index is 6.56. The van der Waals surface area contributed by atoms with E-state index in [1.54, 1.807) is 0 Å². The SMILES string of the molecule is C=Cc1ccc([O][Bi]([O]c2ccc(C=C)cc2)[c]2cc[c]([Bi]([O]c3ccc(C=C)cc3)[O]c3ccc(C=C)cc3)cc2)cc1. The van der Waals surface area contributed by atoms with Gasteiger partial charge in [-0.15, -0.1) is 0 Å². The molecule has 0 atom stereocenters. The van der Waals surface area contributed by atoms with Crippen molar-refractivity contribution in [1.82, 2.24) is 0 Å².